The number of amides is 1. The van der Waals surface area contributed by atoms with Crippen LogP contribution in [0.2, 0.25) is 0 Å². The van der Waals surface area contributed by atoms with Gasteiger partial charge in [0.1, 0.15) is 0 Å². The minimum atomic E-state index is 0. The Bertz CT molecular complexity index is 490. The molecule has 111 valence electrons. The molecule has 1 aromatic heterocycles. The van der Waals surface area contributed by atoms with E-state index in [1.165, 1.54) is 6.20 Å². The Morgan fingerprint density at radius 1 is 1.52 bits per heavy atom. The van der Waals surface area contributed by atoms with Gasteiger partial charge in [0.25, 0.3) is 0 Å². The van der Waals surface area contributed by atoms with Crippen LogP contribution in [0.4, 0.5) is 5.69 Å². The van der Waals surface area contributed by atoms with Gasteiger partial charge in [0.05, 0.1) is 6.54 Å². The molecule has 21 heavy (non-hydrogen) atoms. The number of carbonyl (C=O) groups excluding carboxylic acids is 1. The summed E-state index contributed by atoms with van der Waals surface area (Å²) in [5.74, 6) is 6.14. The number of carbonyl (C=O) groups is 1. The molecule has 1 amide bonds. The third kappa shape index (κ3) is 7.06. The Balaban J connectivity index is 0.00000400. The molecule has 1 atom stereocenters. The van der Waals surface area contributed by atoms with Crippen molar-refractivity contribution in [2.45, 2.75) is 33.6 Å². The van der Waals surface area contributed by atoms with Gasteiger partial charge in [-0.3, -0.25) is 4.79 Å². The first-order valence-electron chi connectivity index (χ1n) is 6.99. The number of anilines is 1. The maximum atomic E-state index is 12.2. The van der Waals surface area contributed by atoms with Gasteiger partial charge in [0, 0.05) is 45.2 Å². The number of rotatable bonds is 5. The molecule has 0 fully saturated rings. The predicted molar refractivity (Wildman–Crippen MR) is 80.7 cm³/mol. The van der Waals surface area contributed by atoms with Crippen LogP contribution < -0.4 is 5.73 Å². The number of hydrogen-bond donors (Lipinski definition) is 1. The number of nitrogens with two attached hydrogens (primary N) is 1. The average Bonchev–Trinajstić information content (AvgIpc) is 2.46. The van der Waals surface area contributed by atoms with Crippen LogP contribution in [0.15, 0.2) is 12.3 Å². The fraction of sp³-hybridized carbons (Fsp3) is 0.500. The molecular formula is C16H22N3OY-. The molecule has 2 N–H and O–H groups in total. The normalized spacial score (nSPS) is 10.8. The van der Waals surface area contributed by atoms with Crippen molar-refractivity contribution in [1.82, 2.24) is 9.88 Å². The van der Waals surface area contributed by atoms with Crippen LogP contribution in [-0.4, -0.2) is 28.9 Å². The summed E-state index contributed by atoms with van der Waals surface area (Å²) in [6, 6.07) is 4.50. The summed E-state index contributed by atoms with van der Waals surface area (Å²) in [4.78, 5) is 18.1. The molecule has 0 aliphatic rings. The fourth-order valence-corrected chi connectivity index (χ4v) is 1.68. The second-order valence-corrected chi connectivity index (χ2v) is 4.76. The van der Waals surface area contributed by atoms with Crippen LogP contribution in [0, 0.1) is 23.8 Å². The van der Waals surface area contributed by atoms with E-state index < -0.39 is 0 Å². The van der Waals surface area contributed by atoms with Gasteiger partial charge in [-0.1, -0.05) is 38.6 Å². The monoisotopic (exact) mass is 361 g/mol. The maximum absolute atomic E-state index is 12.2. The van der Waals surface area contributed by atoms with Crippen LogP contribution in [-0.2, 0) is 37.5 Å². The van der Waals surface area contributed by atoms with Crippen LogP contribution in [0.5, 0.6) is 0 Å². The Labute approximate surface area is 152 Å². The summed E-state index contributed by atoms with van der Waals surface area (Å²) in [5.41, 5.74) is 6.63. The van der Waals surface area contributed by atoms with Gasteiger partial charge < -0.3 is 15.6 Å². The molecule has 1 rings (SSSR count). The zero-order valence-electron chi connectivity index (χ0n) is 13.0. The molecule has 4 nitrogen and oxygen atoms in total. The van der Waals surface area contributed by atoms with E-state index in [-0.39, 0.29) is 44.5 Å². The molecule has 0 bridgehead atoms. The van der Waals surface area contributed by atoms with Crippen molar-refractivity contribution in [2.75, 3.05) is 18.8 Å². The van der Waals surface area contributed by atoms with E-state index in [1.807, 2.05) is 18.7 Å². The zero-order valence-corrected chi connectivity index (χ0v) is 15.9. The van der Waals surface area contributed by atoms with Gasteiger partial charge in [-0.05, 0) is 18.5 Å². The van der Waals surface area contributed by atoms with Gasteiger partial charge in [0.2, 0.25) is 5.91 Å². The quantitative estimate of drug-likeness (QED) is 0.646. The molecule has 0 aliphatic carbocycles. The van der Waals surface area contributed by atoms with Gasteiger partial charge >= 0.3 is 0 Å². The summed E-state index contributed by atoms with van der Waals surface area (Å²) in [6.45, 7) is 7.20. The minimum Gasteiger partial charge on any atom is -0.418 e. The van der Waals surface area contributed by atoms with Gasteiger partial charge in [-0.15, -0.1) is 12.0 Å². The molecule has 0 saturated carbocycles. The molecule has 1 aromatic rings. The summed E-state index contributed by atoms with van der Waals surface area (Å²) in [7, 11) is 0. The average molecular weight is 361 g/mol. The Hall–Kier alpha value is -0.916. The topological polar surface area (TPSA) is 59.2 Å². The van der Waals surface area contributed by atoms with E-state index >= 15 is 0 Å². The fourth-order valence-electron chi connectivity index (χ4n) is 1.68. The molecule has 0 aromatic carbocycles. The van der Waals surface area contributed by atoms with Crippen molar-refractivity contribution in [2.24, 2.45) is 5.92 Å². The van der Waals surface area contributed by atoms with Gasteiger partial charge in [-0.25, -0.2) is 0 Å². The van der Waals surface area contributed by atoms with Crippen LogP contribution in [0.1, 0.15) is 39.3 Å². The van der Waals surface area contributed by atoms with Crippen molar-refractivity contribution < 1.29 is 37.5 Å². The van der Waals surface area contributed by atoms with Crippen molar-refractivity contribution in [1.29, 1.82) is 0 Å². The van der Waals surface area contributed by atoms with Crippen molar-refractivity contribution in [3.05, 3.63) is 24.0 Å². The number of hydrogen-bond acceptors (Lipinski definition) is 3. The number of pyridine rings is 1. The third-order valence-corrected chi connectivity index (χ3v) is 3.04. The van der Waals surface area contributed by atoms with E-state index in [4.69, 9.17) is 5.73 Å². The standard InChI is InChI=1S/C16H22N3O.Y/c1-4-10-19(16(20)13(3)5-2)11-6-7-15-9-8-14(17)12-18-15;/h9,12-13H,4-5,10-11,17H2,1-3H3;/q-1;. The van der Waals surface area contributed by atoms with E-state index in [0.717, 1.165) is 19.4 Å². The maximum Gasteiger partial charge on any atom is 0.226 e. The van der Waals surface area contributed by atoms with Crippen molar-refractivity contribution in [3.8, 4) is 11.8 Å². The largest absolute Gasteiger partial charge is 0.418 e. The molecule has 1 unspecified atom stereocenters. The van der Waals surface area contributed by atoms with E-state index in [0.29, 0.717) is 17.9 Å². The smallest absolute Gasteiger partial charge is 0.226 e. The Morgan fingerprint density at radius 2 is 2.24 bits per heavy atom. The molecule has 1 radical (unpaired) electrons. The summed E-state index contributed by atoms with van der Waals surface area (Å²) in [6.07, 6.45) is 3.30. The third-order valence-electron chi connectivity index (χ3n) is 3.04. The molecular weight excluding hydrogens is 339 g/mol. The first kappa shape index (κ1) is 20.1. The first-order valence-corrected chi connectivity index (χ1v) is 6.99. The summed E-state index contributed by atoms with van der Waals surface area (Å²) in [5, 5.41) is 0. The molecule has 0 saturated heterocycles. The van der Waals surface area contributed by atoms with E-state index in [2.05, 4.69) is 29.8 Å². The second-order valence-electron chi connectivity index (χ2n) is 4.76. The number of nitrogens with zero attached hydrogens (tertiary/aromatic N) is 2. The molecule has 0 aliphatic heterocycles. The number of aromatic nitrogens is 1. The SMILES string of the molecule is CCCN(CC#Cc1c[c-]c(N)cn1)C(=O)C(C)CC.[Y]. The number of nitrogen functional groups attached to an aromatic ring is 1. The predicted octanol–water partition coefficient (Wildman–Crippen LogP) is 2.10. The van der Waals surface area contributed by atoms with Crippen molar-refractivity contribution in [3.63, 3.8) is 0 Å². The summed E-state index contributed by atoms with van der Waals surface area (Å²) < 4.78 is 0. The van der Waals surface area contributed by atoms with E-state index in [1.54, 1.807) is 6.07 Å². The minimum absolute atomic E-state index is 0. The van der Waals surface area contributed by atoms with Crippen molar-refractivity contribution >= 4 is 11.6 Å². The second kappa shape index (κ2) is 10.8. The Kier molecular flexibility index (Phi) is 10.3. The van der Waals surface area contributed by atoms with Crippen LogP contribution in [0.25, 0.3) is 0 Å². The molecule has 1 heterocycles. The zero-order chi connectivity index (χ0) is 15.0. The van der Waals surface area contributed by atoms with E-state index in [9.17, 15) is 4.79 Å². The van der Waals surface area contributed by atoms with Crippen LogP contribution >= 0.6 is 0 Å². The van der Waals surface area contributed by atoms with Gasteiger partial charge in [-0.2, -0.15) is 6.07 Å². The van der Waals surface area contributed by atoms with Crippen LogP contribution in [0.3, 0.4) is 0 Å². The Morgan fingerprint density at radius 3 is 2.76 bits per heavy atom. The van der Waals surface area contributed by atoms with Gasteiger partial charge in [0.15, 0.2) is 0 Å². The first-order chi connectivity index (χ1) is 9.58. The molecule has 0 spiro atoms. The molecule has 5 heteroatoms. The summed E-state index contributed by atoms with van der Waals surface area (Å²) >= 11 is 0.